The number of nitrogens with two attached hydrogens (primary N) is 1. The van der Waals surface area contributed by atoms with Crippen LogP contribution >= 0.6 is 0 Å². The third-order valence-electron chi connectivity index (χ3n) is 1.92. The Hall–Kier alpha value is -1.13. The second-order valence-electron chi connectivity index (χ2n) is 3.00. The average Bonchev–Trinajstić information content (AvgIpc) is 2.04. The number of pyridine rings is 1. The van der Waals surface area contributed by atoms with Gasteiger partial charge in [-0.3, -0.25) is 4.79 Å². The van der Waals surface area contributed by atoms with E-state index in [0.717, 1.165) is 11.1 Å². The summed E-state index contributed by atoms with van der Waals surface area (Å²) >= 11 is 0. The minimum absolute atomic E-state index is 0.106. The van der Waals surface area contributed by atoms with E-state index in [1.165, 1.54) is 6.07 Å². The zero-order chi connectivity index (χ0) is 9.84. The van der Waals surface area contributed by atoms with Gasteiger partial charge in [0.2, 0.25) is 5.56 Å². The Morgan fingerprint density at radius 3 is 2.92 bits per heavy atom. The number of aromatic amines is 1. The van der Waals surface area contributed by atoms with Gasteiger partial charge in [0.1, 0.15) is 0 Å². The van der Waals surface area contributed by atoms with Crippen molar-refractivity contribution >= 4 is 0 Å². The average molecular weight is 182 g/mol. The first-order chi connectivity index (χ1) is 6.15. The van der Waals surface area contributed by atoms with Crippen LogP contribution in [0.1, 0.15) is 17.2 Å². The van der Waals surface area contributed by atoms with Crippen LogP contribution in [0.5, 0.6) is 0 Å². The largest absolute Gasteiger partial charge is 0.383 e. The highest BCUT2D eigenvalue weighted by molar-refractivity contribution is 5.24. The first kappa shape index (κ1) is 9.95. The van der Waals surface area contributed by atoms with Crippen LogP contribution in [0.15, 0.2) is 17.1 Å². The first-order valence-corrected chi connectivity index (χ1v) is 4.09. The lowest BCUT2D eigenvalue weighted by Gasteiger charge is -2.12. The lowest BCUT2D eigenvalue weighted by atomic mass is 10.1. The summed E-state index contributed by atoms with van der Waals surface area (Å²) in [6.45, 7) is 2.31. The zero-order valence-electron chi connectivity index (χ0n) is 7.83. The summed E-state index contributed by atoms with van der Waals surface area (Å²) in [4.78, 5) is 13.5. The molecule has 0 spiro atoms. The van der Waals surface area contributed by atoms with Crippen molar-refractivity contribution in [3.8, 4) is 0 Å². The fourth-order valence-corrected chi connectivity index (χ4v) is 1.25. The smallest absolute Gasteiger partial charge is 0.248 e. The molecule has 0 saturated heterocycles. The molecule has 1 aromatic rings. The number of methoxy groups -OCH3 is 1. The molecule has 0 fully saturated rings. The van der Waals surface area contributed by atoms with E-state index in [9.17, 15) is 4.79 Å². The highest BCUT2D eigenvalue weighted by Gasteiger charge is 2.08. The number of hydrogen-bond donors (Lipinski definition) is 2. The molecule has 4 nitrogen and oxygen atoms in total. The van der Waals surface area contributed by atoms with E-state index >= 15 is 0 Å². The molecule has 0 radical (unpaired) electrons. The minimum atomic E-state index is -0.179. The molecule has 0 aliphatic heterocycles. The van der Waals surface area contributed by atoms with Crippen LogP contribution in [-0.4, -0.2) is 18.7 Å². The highest BCUT2D eigenvalue weighted by atomic mass is 16.5. The Morgan fingerprint density at radius 1 is 1.69 bits per heavy atom. The van der Waals surface area contributed by atoms with Gasteiger partial charge in [-0.05, 0) is 18.1 Å². The van der Waals surface area contributed by atoms with Crippen LogP contribution < -0.4 is 11.3 Å². The van der Waals surface area contributed by atoms with Crippen LogP contribution in [0, 0.1) is 6.92 Å². The van der Waals surface area contributed by atoms with E-state index in [0.29, 0.717) is 6.61 Å². The van der Waals surface area contributed by atoms with Gasteiger partial charge in [-0.25, -0.2) is 0 Å². The SMILES string of the molecule is COC[C@H](N)c1c[nH]c(=O)cc1C. The molecule has 0 aliphatic rings. The van der Waals surface area contributed by atoms with E-state index < -0.39 is 0 Å². The lowest BCUT2D eigenvalue weighted by molar-refractivity contribution is 0.180. The standard InChI is InChI=1S/C9H14N2O2/c1-6-3-9(12)11-4-7(6)8(10)5-13-2/h3-4,8H,5,10H2,1-2H3,(H,11,12)/t8-/m0/s1. The van der Waals surface area contributed by atoms with Gasteiger partial charge < -0.3 is 15.5 Å². The molecular formula is C9H14N2O2. The second kappa shape index (κ2) is 4.20. The van der Waals surface area contributed by atoms with Crippen LogP contribution in [0.2, 0.25) is 0 Å². The molecule has 1 aromatic heterocycles. The number of aromatic nitrogens is 1. The van der Waals surface area contributed by atoms with E-state index in [1.54, 1.807) is 13.3 Å². The second-order valence-corrected chi connectivity index (χ2v) is 3.00. The van der Waals surface area contributed by atoms with Crippen molar-refractivity contribution in [3.63, 3.8) is 0 Å². The Morgan fingerprint density at radius 2 is 2.38 bits per heavy atom. The molecule has 0 bridgehead atoms. The predicted octanol–water partition coefficient (Wildman–Crippen LogP) is 0.330. The molecule has 0 aliphatic carbocycles. The van der Waals surface area contributed by atoms with Gasteiger partial charge in [-0.1, -0.05) is 0 Å². The number of rotatable bonds is 3. The summed E-state index contributed by atoms with van der Waals surface area (Å²) in [6, 6.07) is 1.35. The monoisotopic (exact) mass is 182 g/mol. The summed E-state index contributed by atoms with van der Waals surface area (Å²) in [7, 11) is 1.60. The fraction of sp³-hybridized carbons (Fsp3) is 0.444. The van der Waals surface area contributed by atoms with E-state index in [2.05, 4.69) is 4.98 Å². The summed E-state index contributed by atoms with van der Waals surface area (Å²) in [5.41, 5.74) is 7.52. The molecule has 0 saturated carbocycles. The lowest BCUT2D eigenvalue weighted by Crippen LogP contribution is -2.19. The molecule has 0 amide bonds. The maximum absolute atomic E-state index is 10.9. The molecule has 1 atom stereocenters. The normalized spacial score (nSPS) is 12.8. The zero-order valence-corrected chi connectivity index (χ0v) is 7.83. The summed E-state index contributed by atoms with van der Waals surface area (Å²) < 4.78 is 4.93. The highest BCUT2D eigenvalue weighted by Crippen LogP contribution is 2.11. The third kappa shape index (κ3) is 2.40. The molecule has 0 unspecified atom stereocenters. The van der Waals surface area contributed by atoms with Crippen molar-refractivity contribution in [2.75, 3.05) is 13.7 Å². The summed E-state index contributed by atoms with van der Waals surface area (Å²) in [6.07, 6.45) is 1.64. The number of hydrogen-bond acceptors (Lipinski definition) is 3. The summed E-state index contributed by atoms with van der Waals surface area (Å²) in [5, 5.41) is 0. The van der Waals surface area contributed by atoms with Gasteiger partial charge in [0.05, 0.1) is 12.6 Å². The molecule has 1 heterocycles. The molecule has 1 rings (SSSR count). The molecule has 13 heavy (non-hydrogen) atoms. The van der Waals surface area contributed by atoms with Crippen molar-refractivity contribution < 1.29 is 4.74 Å². The maximum Gasteiger partial charge on any atom is 0.248 e. The van der Waals surface area contributed by atoms with Crippen molar-refractivity contribution in [2.24, 2.45) is 5.73 Å². The Bertz CT molecular complexity index is 333. The van der Waals surface area contributed by atoms with E-state index in [-0.39, 0.29) is 11.6 Å². The quantitative estimate of drug-likeness (QED) is 0.707. The number of nitrogens with one attached hydrogen (secondary N) is 1. The Labute approximate surface area is 76.7 Å². The maximum atomic E-state index is 10.9. The molecule has 4 heteroatoms. The van der Waals surface area contributed by atoms with Crippen molar-refractivity contribution in [1.82, 2.24) is 4.98 Å². The number of H-pyrrole nitrogens is 1. The topological polar surface area (TPSA) is 68.1 Å². The molecular weight excluding hydrogens is 168 g/mol. The van der Waals surface area contributed by atoms with Crippen LogP contribution in [0.3, 0.4) is 0 Å². The third-order valence-corrected chi connectivity index (χ3v) is 1.92. The van der Waals surface area contributed by atoms with Crippen LogP contribution in [-0.2, 0) is 4.74 Å². The fourth-order valence-electron chi connectivity index (χ4n) is 1.25. The van der Waals surface area contributed by atoms with Gasteiger partial charge in [-0.15, -0.1) is 0 Å². The predicted molar refractivity (Wildman–Crippen MR) is 50.6 cm³/mol. The molecule has 3 N–H and O–H groups in total. The Balaban J connectivity index is 2.94. The minimum Gasteiger partial charge on any atom is -0.383 e. The van der Waals surface area contributed by atoms with Crippen molar-refractivity contribution in [2.45, 2.75) is 13.0 Å². The van der Waals surface area contributed by atoms with Gasteiger partial charge >= 0.3 is 0 Å². The van der Waals surface area contributed by atoms with Gasteiger partial charge in [0.15, 0.2) is 0 Å². The first-order valence-electron chi connectivity index (χ1n) is 4.09. The molecule has 0 aromatic carbocycles. The van der Waals surface area contributed by atoms with Crippen molar-refractivity contribution in [1.29, 1.82) is 0 Å². The number of aryl methyl sites for hydroxylation is 1. The van der Waals surface area contributed by atoms with Gasteiger partial charge in [0, 0.05) is 19.4 Å². The molecule has 72 valence electrons. The van der Waals surface area contributed by atoms with Gasteiger partial charge in [0.25, 0.3) is 0 Å². The van der Waals surface area contributed by atoms with Crippen LogP contribution in [0.25, 0.3) is 0 Å². The number of ether oxygens (including phenoxy) is 1. The van der Waals surface area contributed by atoms with Gasteiger partial charge in [-0.2, -0.15) is 0 Å². The van der Waals surface area contributed by atoms with Crippen molar-refractivity contribution in [3.05, 3.63) is 33.7 Å². The summed E-state index contributed by atoms with van der Waals surface area (Å²) in [5.74, 6) is 0. The van der Waals surface area contributed by atoms with Crippen LogP contribution in [0.4, 0.5) is 0 Å². The van der Waals surface area contributed by atoms with E-state index in [4.69, 9.17) is 10.5 Å². The Kier molecular flexibility index (Phi) is 3.22. The van der Waals surface area contributed by atoms with E-state index in [1.807, 2.05) is 6.92 Å².